The molecule has 0 aliphatic heterocycles. The third-order valence-corrected chi connectivity index (χ3v) is 4.14. The molecule has 0 unspecified atom stereocenters. The van der Waals surface area contributed by atoms with Crippen molar-refractivity contribution in [1.82, 2.24) is 0 Å². The van der Waals surface area contributed by atoms with Gasteiger partial charge in [-0.15, -0.1) is 0 Å². The van der Waals surface area contributed by atoms with Crippen LogP contribution in [0.25, 0.3) is 0 Å². The van der Waals surface area contributed by atoms with Crippen molar-refractivity contribution in [2.24, 2.45) is 0 Å². The summed E-state index contributed by atoms with van der Waals surface area (Å²) < 4.78 is 27.6. The number of benzene rings is 3. The van der Waals surface area contributed by atoms with Gasteiger partial charge in [0.1, 0.15) is 11.6 Å². The van der Waals surface area contributed by atoms with Gasteiger partial charge in [0.15, 0.2) is 0 Å². The smallest absolute Gasteiger partial charge is 0.139 e. The number of hydrogen-bond acceptors (Lipinski definition) is 0. The van der Waals surface area contributed by atoms with E-state index in [9.17, 15) is 8.78 Å². The predicted octanol–water partition coefficient (Wildman–Crippen LogP) is 5.64. The normalized spacial score (nSPS) is 9.78. The first-order valence-corrected chi connectivity index (χ1v) is 8.74. The van der Waals surface area contributed by atoms with E-state index in [1.807, 2.05) is 50.2 Å². The summed E-state index contributed by atoms with van der Waals surface area (Å²) in [4.78, 5) is 0. The molecule has 0 bridgehead atoms. The van der Waals surface area contributed by atoms with Crippen molar-refractivity contribution in [2.75, 3.05) is 0 Å². The molecule has 0 radical (unpaired) electrons. The molecule has 27 heavy (non-hydrogen) atoms. The zero-order valence-electron chi connectivity index (χ0n) is 15.2. The zero-order chi connectivity index (χ0) is 19.2. The van der Waals surface area contributed by atoms with Crippen molar-refractivity contribution in [2.45, 2.75) is 20.3 Å². The van der Waals surface area contributed by atoms with Crippen LogP contribution < -0.4 is 0 Å². The van der Waals surface area contributed by atoms with Gasteiger partial charge in [0.2, 0.25) is 0 Å². The van der Waals surface area contributed by atoms with Crippen molar-refractivity contribution >= 4 is 0 Å². The average molecular weight is 356 g/mol. The fourth-order valence-corrected chi connectivity index (χ4v) is 2.55. The molecule has 3 aromatic rings. The Kier molecular flexibility index (Phi) is 5.70. The molecule has 0 amide bonds. The van der Waals surface area contributed by atoms with E-state index in [1.165, 1.54) is 12.1 Å². The van der Waals surface area contributed by atoms with Crippen LogP contribution in [0.3, 0.4) is 0 Å². The van der Waals surface area contributed by atoms with Crippen molar-refractivity contribution < 1.29 is 8.78 Å². The number of aryl methyl sites for hydroxylation is 2. The minimum absolute atomic E-state index is 0.224. The summed E-state index contributed by atoms with van der Waals surface area (Å²) in [5.41, 5.74) is 4.16. The molecule has 0 saturated heterocycles. The van der Waals surface area contributed by atoms with Gasteiger partial charge in [-0.3, -0.25) is 0 Å². The van der Waals surface area contributed by atoms with E-state index < -0.39 is 0 Å². The molecule has 0 heterocycles. The van der Waals surface area contributed by atoms with Crippen LogP contribution in [-0.2, 0) is 6.42 Å². The molecule has 0 aromatic heterocycles. The lowest BCUT2D eigenvalue weighted by Gasteiger charge is -1.99. The first kappa shape index (κ1) is 18.4. The highest BCUT2D eigenvalue weighted by Gasteiger charge is 2.00. The second kappa shape index (κ2) is 8.35. The molecule has 0 aliphatic carbocycles. The Morgan fingerprint density at radius 1 is 0.667 bits per heavy atom. The van der Waals surface area contributed by atoms with Gasteiger partial charge in [-0.25, -0.2) is 8.78 Å². The Morgan fingerprint density at radius 2 is 1.26 bits per heavy atom. The van der Waals surface area contributed by atoms with Gasteiger partial charge >= 0.3 is 0 Å². The summed E-state index contributed by atoms with van der Waals surface area (Å²) in [5, 5.41) is 0. The summed E-state index contributed by atoms with van der Waals surface area (Å²) in [6.45, 7) is 3.76. The van der Waals surface area contributed by atoms with Crippen LogP contribution in [0.1, 0.15) is 40.3 Å². The van der Waals surface area contributed by atoms with Gasteiger partial charge in [0, 0.05) is 16.7 Å². The van der Waals surface area contributed by atoms with Crippen LogP contribution >= 0.6 is 0 Å². The first-order valence-electron chi connectivity index (χ1n) is 8.74. The second-order valence-corrected chi connectivity index (χ2v) is 6.22. The van der Waals surface area contributed by atoms with E-state index in [1.54, 1.807) is 12.1 Å². The highest BCUT2D eigenvalue weighted by atomic mass is 19.1. The van der Waals surface area contributed by atoms with Crippen LogP contribution in [0, 0.1) is 42.2 Å². The maximum atomic E-state index is 13.8. The van der Waals surface area contributed by atoms with Crippen LogP contribution in [0.5, 0.6) is 0 Å². The van der Waals surface area contributed by atoms with E-state index in [0.29, 0.717) is 23.1 Å². The lowest BCUT2D eigenvalue weighted by molar-refractivity contribution is 0.612. The topological polar surface area (TPSA) is 0 Å². The van der Waals surface area contributed by atoms with Crippen molar-refractivity contribution in [3.05, 3.63) is 106 Å². The quantitative estimate of drug-likeness (QED) is 0.495. The third kappa shape index (κ3) is 4.84. The SMILES string of the molecule is CCc1ccc(C#Cc2ccc(C#Cc3ccc(C)cc3F)cc2)cc1F. The van der Waals surface area contributed by atoms with Gasteiger partial charge in [-0.2, -0.15) is 0 Å². The standard InChI is InChI=1S/C25H18F2/c1-3-22-14-12-21(17-25(22)27)10-9-19-5-7-20(8-6-19)11-15-23-13-4-18(2)16-24(23)26/h4-8,12-14,16-17H,3H2,1-2H3. The Hall–Kier alpha value is -3.36. The zero-order valence-corrected chi connectivity index (χ0v) is 15.2. The number of rotatable bonds is 1. The lowest BCUT2D eigenvalue weighted by atomic mass is 10.1. The van der Waals surface area contributed by atoms with E-state index in [-0.39, 0.29) is 11.6 Å². The maximum absolute atomic E-state index is 13.8. The molecule has 2 heteroatoms. The summed E-state index contributed by atoms with van der Waals surface area (Å²) in [6.07, 6.45) is 0.661. The van der Waals surface area contributed by atoms with Gasteiger partial charge < -0.3 is 0 Å². The Labute approximate surface area is 158 Å². The van der Waals surface area contributed by atoms with Gasteiger partial charge in [-0.05, 0) is 73.0 Å². The molecule has 132 valence electrons. The van der Waals surface area contributed by atoms with Crippen molar-refractivity contribution in [1.29, 1.82) is 0 Å². The predicted molar refractivity (Wildman–Crippen MR) is 105 cm³/mol. The number of hydrogen-bond donors (Lipinski definition) is 0. The number of halogens is 2. The molecule has 0 atom stereocenters. The molecule has 0 nitrogen and oxygen atoms in total. The highest BCUT2D eigenvalue weighted by Crippen LogP contribution is 2.11. The van der Waals surface area contributed by atoms with Crippen LogP contribution in [-0.4, -0.2) is 0 Å². The summed E-state index contributed by atoms with van der Waals surface area (Å²) in [5.74, 6) is 11.2. The Morgan fingerprint density at radius 3 is 1.85 bits per heavy atom. The molecule has 0 N–H and O–H groups in total. The van der Waals surface area contributed by atoms with Gasteiger partial charge in [0.05, 0.1) is 5.56 Å². The molecule has 0 aliphatic rings. The van der Waals surface area contributed by atoms with Gasteiger partial charge in [0.25, 0.3) is 0 Å². The molecule has 3 rings (SSSR count). The van der Waals surface area contributed by atoms with E-state index in [0.717, 1.165) is 16.7 Å². The fraction of sp³-hybridized carbons (Fsp3) is 0.120. The summed E-state index contributed by atoms with van der Waals surface area (Å²) in [7, 11) is 0. The average Bonchev–Trinajstić information content (AvgIpc) is 2.66. The molecule has 0 fully saturated rings. The summed E-state index contributed by atoms with van der Waals surface area (Å²) >= 11 is 0. The van der Waals surface area contributed by atoms with Crippen LogP contribution in [0.4, 0.5) is 8.78 Å². The second-order valence-electron chi connectivity index (χ2n) is 6.22. The maximum Gasteiger partial charge on any atom is 0.139 e. The van der Waals surface area contributed by atoms with E-state index in [4.69, 9.17) is 0 Å². The minimum Gasteiger partial charge on any atom is -0.207 e. The summed E-state index contributed by atoms with van der Waals surface area (Å²) in [6, 6.07) is 17.4. The van der Waals surface area contributed by atoms with Crippen molar-refractivity contribution in [3.8, 4) is 23.7 Å². The van der Waals surface area contributed by atoms with Crippen LogP contribution in [0.15, 0.2) is 60.7 Å². The molecule has 0 saturated carbocycles. The van der Waals surface area contributed by atoms with Crippen molar-refractivity contribution in [3.63, 3.8) is 0 Å². The highest BCUT2D eigenvalue weighted by molar-refractivity contribution is 5.48. The van der Waals surface area contributed by atoms with Crippen LogP contribution in [0.2, 0.25) is 0 Å². The Bertz CT molecular complexity index is 1090. The lowest BCUT2D eigenvalue weighted by Crippen LogP contribution is -1.88. The molecule has 0 spiro atoms. The fourth-order valence-electron chi connectivity index (χ4n) is 2.55. The molecular weight excluding hydrogens is 338 g/mol. The molecular formula is C25H18F2. The van der Waals surface area contributed by atoms with E-state index >= 15 is 0 Å². The third-order valence-electron chi connectivity index (χ3n) is 4.14. The van der Waals surface area contributed by atoms with E-state index in [2.05, 4.69) is 23.7 Å². The first-order chi connectivity index (χ1) is 13.0. The van der Waals surface area contributed by atoms with Gasteiger partial charge in [-0.1, -0.05) is 42.7 Å². The minimum atomic E-state index is -0.314. The Balaban J connectivity index is 1.75. The largest absolute Gasteiger partial charge is 0.207 e. The monoisotopic (exact) mass is 356 g/mol. The molecule has 3 aromatic carbocycles.